The lowest BCUT2D eigenvalue weighted by atomic mass is 10.1. The maximum Gasteiger partial charge on any atom is 0.341 e. The number of carboxylic acid groups (broad SMARTS) is 1. The SMILES string of the molecule is O=C(O)c1cn(C2CC2)c2cc(N3CCN(CP(=S)(c4ccccc4)c4ccccc4)CC3)c(F)cc2c1=O. The Morgan fingerprint density at radius 3 is 2.08 bits per heavy atom. The topological polar surface area (TPSA) is 65.8 Å². The second kappa shape index (κ2) is 10.3. The number of halogens is 1. The first-order chi connectivity index (χ1) is 18.8. The maximum absolute atomic E-state index is 15.4. The van der Waals surface area contributed by atoms with E-state index in [0.29, 0.717) is 24.3 Å². The summed E-state index contributed by atoms with van der Waals surface area (Å²) in [6.07, 6.45) is 4.02. The van der Waals surface area contributed by atoms with Gasteiger partial charge in [-0.1, -0.05) is 72.5 Å². The first-order valence-electron chi connectivity index (χ1n) is 13.1. The van der Waals surface area contributed by atoms with Gasteiger partial charge in [0.15, 0.2) is 0 Å². The van der Waals surface area contributed by atoms with Crippen LogP contribution >= 0.6 is 6.04 Å². The van der Waals surface area contributed by atoms with Crippen LogP contribution in [0.2, 0.25) is 0 Å². The molecule has 2 aliphatic rings. The molecule has 6 rings (SSSR count). The summed E-state index contributed by atoms with van der Waals surface area (Å²) in [6, 6.07) is 21.7. The Balaban J connectivity index is 1.27. The van der Waals surface area contributed by atoms with Crippen LogP contribution in [0, 0.1) is 5.82 Å². The average Bonchev–Trinajstić information content (AvgIpc) is 3.80. The maximum atomic E-state index is 15.4. The summed E-state index contributed by atoms with van der Waals surface area (Å²) in [7, 11) is 0. The highest BCUT2D eigenvalue weighted by molar-refractivity contribution is 8.21. The molecule has 1 saturated heterocycles. The fourth-order valence-corrected chi connectivity index (χ4v) is 9.47. The van der Waals surface area contributed by atoms with Crippen LogP contribution in [0.4, 0.5) is 10.1 Å². The van der Waals surface area contributed by atoms with Gasteiger partial charge < -0.3 is 14.6 Å². The van der Waals surface area contributed by atoms with Gasteiger partial charge >= 0.3 is 5.97 Å². The van der Waals surface area contributed by atoms with E-state index in [1.165, 1.54) is 22.9 Å². The third-order valence-electron chi connectivity index (χ3n) is 7.73. The molecule has 2 fully saturated rings. The lowest BCUT2D eigenvalue weighted by molar-refractivity contribution is 0.0695. The Morgan fingerprint density at radius 1 is 0.949 bits per heavy atom. The van der Waals surface area contributed by atoms with E-state index in [1.54, 1.807) is 6.07 Å². The zero-order valence-electron chi connectivity index (χ0n) is 21.4. The zero-order chi connectivity index (χ0) is 27.1. The number of carboxylic acids is 1. The first kappa shape index (κ1) is 25.9. The van der Waals surface area contributed by atoms with Crippen molar-refractivity contribution in [3.8, 4) is 0 Å². The highest BCUT2D eigenvalue weighted by Gasteiger charge is 2.30. The molecule has 0 amide bonds. The molecule has 0 atom stereocenters. The third-order valence-corrected chi connectivity index (χ3v) is 12.4. The molecule has 1 aromatic heterocycles. The summed E-state index contributed by atoms with van der Waals surface area (Å²) in [5.74, 6) is -1.79. The van der Waals surface area contributed by atoms with Crippen LogP contribution in [0.3, 0.4) is 0 Å². The number of nitrogens with zero attached hydrogens (tertiary/aromatic N) is 3. The molecule has 4 aromatic rings. The lowest BCUT2D eigenvalue weighted by Gasteiger charge is -2.39. The summed E-state index contributed by atoms with van der Waals surface area (Å²) in [5, 5.41) is 12.0. The van der Waals surface area contributed by atoms with Crippen LogP contribution in [0.15, 0.2) is 83.8 Å². The fourth-order valence-electron chi connectivity index (χ4n) is 5.47. The summed E-state index contributed by atoms with van der Waals surface area (Å²) in [4.78, 5) is 28.9. The van der Waals surface area contributed by atoms with Crippen molar-refractivity contribution in [2.45, 2.75) is 18.9 Å². The predicted octanol–water partition coefficient (Wildman–Crippen LogP) is 4.38. The molecule has 39 heavy (non-hydrogen) atoms. The van der Waals surface area contributed by atoms with Gasteiger partial charge in [0.25, 0.3) is 0 Å². The molecular weight excluding hydrogens is 532 g/mol. The van der Waals surface area contributed by atoms with Gasteiger partial charge in [-0.25, -0.2) is 9.18 Å². The monoisotopic (exact) mass is 561 g/mol. The van der Waals surface area contributed by atoms with Gasteiger partial charge in [0.05, 0.1) is 11.2 Å². The number of piperazine rings is 1. The average molecular weight is 562 g/mol. The van der Waals surface area contributed by atoms with Crippen LogP contribution in [-0.4, -0.2) is 53.0 Å². The summed E-state index contributed by atoms with van der Waals surface area (Å²) < 4.78 is 17.3. The van der Waals surface area contributed by atoms with Crippen LogP contribution in [-0.2, 0) is 11.8 Å². The van der Waals surface area contributed by atoms with Crippen molar-refractivity contribution in [3.63, 3.8) is 0 Å². The normalized spacial score (nSPS) is 16.5. The van der Waals surface area contributed by atoms with E-state index >= 15 is 4.39 Å². The van der Waals surface area contributed by atoms with Gasteiger partial charge in [0, 0.05) is 56.1 Å². The first-order valence-corrected chi connectivity index (χ1v) is 16.1. The second-order valence-corrected chi connectivity index (χ2v) is 15.0. The molecule has 200 valence electrons. The van der Waals surface area contributed by atoms with Crippen molar-refractivity contribution >= 4 is 51.0 Å². The minimum Gasteiger partial charge on any atom is -0.477 e. The van der Waals surface area contributed by atoms with Crippen LogP contribution < -0.4 is 20.9 Å². The Bertz CT molecular complexity index is 1610. The standard InChI is InChI=1S/C30H29FN3O3PS/c31-26-17-24-27(34(21-11-12-21)19-25(29(24)35)30(36)37)18-28(26)33-15-13-32(14-16-33)20-38(39,22-7-3-1-4-8-22)23-9-5-2-6-10-23/h1-10,17-19,21H,11-16,20H2,(H,36,37). The van der Waals surface area contributed by atoms with Gasteiger partial charge in [-0.2, -0.15) is 0 Å². The molecule has 1 N–H and O–H groups in total. The number of pyridine rings is 1. The summed E-state index contributed by atoms with van der Waals surface area (Å²) >= 11 is 6.42. The summed E-state index contributed by atoms with van der Waals surface area (Å²) in [5.41, 5.74) is 0.0829. The molecular formula is C30H29FN3O3PS. The van der Waals surface area contributed by atoms with Gasteiger partial charge in [-0.3, -0.25) is 9.69 Å². The van der Waals surface area contributed by atoms with E-state index in [0.717, 1.165) is 32.2 Å². The molecule has 0 unspecified atom stereocenters. The van der Waals surface area contributed by atoms with E-state index in [2.05, 4.69) is 29.2 Å². The Morgan fingerprint density at radius 2 is 1.54 bits per heavy atom. The smallest absolute Gasteiger partial charge is 0.341 e. The van der Waals surface area contributed by atoms with Crippen molar-refractivity contribution in [1.82, 2.24) is 9.47 Å². The molecule has 0 radical (unpaired) electrons. The van der Waals surface area contributed by atoms with E-state index in [1.807, 2.05) is 45.9 Å². The molecule has 2 heterocycles. The number of carbonyl (C=O) groups is 1. The van der Waals surface area contributed by atoms with E-state index in [4.69, 9.17) is 11.8 Å². The number of hydrogen-bond donors (Lipinski definition) is 1. The number of benzene rings is 3. The molecule has 1 aliphatic heterocycles. The Hall–Kier alpha value is -3.32. The van der Waals surface area contributed by atoms with Crippen molar-refractivity contribution in [1.29, 1.82) is 0 Å². The van der Waals surface area contributed by atoms with Gasteiger partial charge in [0.1, 0.15) is 11.4 Å². The lowest BCUT2D eigenvalue weighted by Crippen LogP contribution is -2.47. The second-order valence-electron chi connectivity index (χ2n) is 10.3. The van der Waals surface area contributed by atoms with Crippen LogP contribution in [0.25, 0.3) is 10.9 Å². The minimum atomic E-state index is -2.07. The van der Waals surface area contributed by atoms with E-state index < -0.39 is 23.3 Å². The summed E-state index contributed by atoms with van der Waals surface area (Å²) in [6.45, 7) is 2.73. The number of rotatable bonds is 7. The zero-order valence-corrected chi connectivity index (χ0v) is 23.1. The van der Waals surface area contributed by atoms with Crippen molar-refractivity contribution in [3.05, 3.63) is 101 Å². The minimum absolute atomic E-state index is 0.119. The fraction of sp³-hybridized carbons (Fsp3) is 0.267. The van der Waals surface area contributed by atoms with Crippen LogP contribution in [0.5, 0.6) is 0 Å². The molecule has 0 spiro atoms. The number of aromatic nitrogens is 1. The highest BCUT2D eigenvalue weighted by atomic mass is 32.4. The van der Waals surface area contributed by atoms with Crippen molar-refractivity contribution in [2.75, 3.05) is 37.4 Å². The third kappa shape index (κ3) is 4.93. The molecule has 1 aliphatic carbocycles. The van der Waals surface area contributed by atoms with Crippen molar-refractivity contribution in [2.24, 2.45) is 0 Å². The quantitative estimate of drug-likeness (QED) is 0.338. The Kier molecular flexibility index (Phi) is 6.88. The number of hydrogen-bond acceptors (Lipinski definition) is 5. The Labute approximate surface area is 231 Å². The largest absolute Gasteiger partial charge is 0.477 e. The number of aromatic carboxylic acids is 1. The number of fused-ring (bicyclic) bond motifs is 1. The molecule has 6 nitrogen and oxygen atoms in total. The molecule has 0 bridgehead atoms. The molecule has 3 aromatic carbocycles. The molecule has 1 saturated carbocycles. The highest BCUT2D eigenvalue weighted by Crippen LogP contribution is 2.44. The van der Waals surface area contributed by atoms with Gasteiger partial charge in [-0.05, 0) is 35.6 Å². The molecule has 9 heteroatoms. The van der Waals surface area contributed by atoms with Crippen molar-refractivity contribution < 1.29 is 14.3 Å². The predicted molar refractivity (Wildman–Crippen MR) is 158 cm³/mol. The van der Waals surface area contributed by atoms with Gasteiger partial charge in [0.2, 0.25) is 5.43 Å². The van der Waals surface area contributed by atoms with Crippen LogP contribution in [0.1, 0.15) is 29.2 Å². The van der Waals surface area contributed by atoms with E-state index in [9.17, 15) is 14.7 Å². The number of anilines is 1. The van der Waals surface area contributed by atoms with Gasteiger partial charge in [-0.15, -0.1) is 0 Å². The van der Waals surface area contributed by atoms with E-state index in [-0.39, 0.29) is 17.0 Å².